The fourth-order valence-corrected chi connectivity index (χ4v) is 3.72. The van der Waals surface area contributed by atoms with E-state index in [1.54, 1.807) is 12.1 Å². The molecule has 1 fully saturated rings. The smallest absolute Gasteiger partial charge is 0.260 e. The normalized spacial score (nSPS) is 13.5. The summed E-state index contributed by atoms with van der Waals surface area (Å²) < 4.78 is 11.3. The van der Waals surface area contributed by atoms with E-state index in [-0.39, 0.29) is 12.5 Å². The minimum absolute atomic E-state index is 0.0285. The Morgan fingerprint density at radius 2 is 1.64 bits per heavy atom. The number of anilines is 1. The molecule has 1 aliphatic heterocycles. The van der Waals surface area contributed by atoms with Crippen LogP contribution in [0.3, 0.4) is 0 Å². The van der Waals surface area contributed by atoms with Crippen molar-refractivity contribution in [3.05, 3.63) is 79.1 Å². The molecule has 1 aromatic heterocycles. The van der Waals surface area contributed by atoms with Crippen molar-refractivity contribution in [3.63, 3.8) is 0 Å². The Hall–Kier alpha value is -3.87. The first-order chi connectivity index (χ1) is 16.1. The molecule has 0 unspecified atom stereocenters. The number of hydrogen-bond donors (Lipinski definition) is 0. The van der Waals surface area contributed by atoms with Crippen molar-refractivity contribution in [2.45, 2.75) is 6.92 Å². The third kappa shape index (κ3) is 5.68. The Morgan fingerprint density at radius 1 is 0.970 bits per heavy atom. The van der Waals surface area contributed by atoms with Crippen molar-refractivity contribution in [1.29, 1.82) is 0 Å². The first-order valence-corrected chi connectivity index (χ1v) is 11.0. The lowest BCUT2D eigenvalue weighted by Crippen LogP contribution is -2.50. The standard InChI is InChI=1S/C26H28N4O3/c1-3-17-32-23-11-7-8-12-24(23)33-19-26(31)30-15-13-29(14-16-30)25-18-22(27-20(2)28-25)21-9-5-4-6-10-21/h3-12,18H,1,13-17,19H2,2H3. The molecule has 0 radical (unpaired) electrons. The molecule has 2 heterocycles. The molecule has 1 saturated heterocycles. The number of rotatable bonds is 8. The van der Waals surface area contributed by atoms with E-state index < -0.39 is 0 Å². The van der Waals surface area contributed by atoms with E-state index in [2.05, 4.69) is 21.4 Å². The van der Waals surface area contributed by atoms with Gasteiger partial charge in [0.2, 0.25) is 0 Å². The molecular formula is C26H28N4O3. The minimum Gasteiger partial charge on any atom is -0.486 e. The zero-order valence-corrected chi connectivity index (χ0v) is 18.8. The largest absolute Gasteiger partial charge is 0.486 e. The van der Waals surface area contributed by atoms with Gasteiger partial charge < -0.3 is 19.3 Å². The van der Waals surface area contributed by atoms with Gasteiger partial charge in [0.25, 0.3) is 5.91 Å². The van der Waals surface area contributed by atoms with Crippen LogP contribution < -0.4 is 14.4 Å². The first kappa shape index (κ1) is 22.3. The van der Waals surface area contributed by atoms with Gasteiger partial charge in [-0.25, -0.2) is 9.97 Å². The Labute approximate surface area is 194 Å². The van der Waals surface area contributed by atoms with Crippen molar-refractivity contribution in [2.75, 3.05) is 44.3 Å². The number of piperazine rings is 1. The van der Waals surface area contributed by atoms with Crippen LogP contribution in [-0.4, -0.2) is 60.2 Å². The second-order valence-corrected chi connectivity index (χ2v) is 7.73. The van der Waals surface area contributed by atoms with Gasteiger partial charge in [0, 0.05) is 37.8 Å². The highest BCUT2D eigenvalue weighted by molar-refractivity contribution is 5.78. The molecule has 7 heteroatoms. The summed E-state index contributed by atoms with van der Waals surface area (Å²) in [5, 5.41) is 0. The quantitative estimate of drug-likeness (QED) is 0.493. The molecule has 0 aliphatic carbocycles. The molecular weight excluding hydrogens is 416 g/mol. The summed E-state index contributed by atoms with van der Waals surface area (Å²) in [4.78, 5) is 26.0. The molecule has 1 amide bonds. The minimum atomic E-state index is -0.0444. The number of aromatic nitrogens is 2. The summed E-state index contributed by atoms with van der Waals surface area (Å²) >= 11 is 0. The predicted molar refractivity (Wildman–Crippen MR) is 129 cm³/mol. The fraction of sp³-hybridized carbons (Fsp3) is 0.269. The number of carbonyl (C=O) groups excluding carboxylic acids is 1. The number of carbonyl (C=O) groups is 1. The molecule has 1 aliphatic rings. The van der Waals surface area contributed by atoms with Gasteiger partial charge in [0.1, 0.15) is 18.2 Å². The number of para-hydroxylation sites is 2. The average Bonchev–Trinajstić information content (AvgIpc) is 2.86. The topological polar surface area (TPSA) is 67.8 Å². The van der Waals surface area contributed by atoms with E-state index in [1.165, 1.54) is 0 Å². The van der Waals surface area contributed by atoms with Gasteiger partial charge in [0.05, 0.1) is 5.69 Å². The molecule has 3 aromatic rings. The number of amides is 1. The van der Waals surface area contributed by atoms with Crippen LogP contribution in [0.15, 0.2) is 73.3 Å². The Bertz CT molecular complexity index is 1100. The van der Waals surface area contributed by atoms with E-state index in [0.717, 1.165) is 22.9 Å². The highest BCUT2D eigenvalue weighted by Gasteiger charge is 2.23. The van der Waals surface area contributed by atoms with Gasteiger partial charge in [-0.3, -0.25) is 4.79 Å². The second kappa shape index (κ2) is 10.6. The van der Waals surface area contributed by atoms with E-state index in [4.69, 9.17) is 9.47 Å². The monoisotopic (exact) mass is 444 g/mol. The van der Waals surface area contributed by atoms with Gasteiger partial charge in [0.15, 0.2) is 18.1 Å². The van der Waals surface area contributed by atoms with Crippen LogP contribution in [0.2, 0.25) is 0 Å². The number of nitrogens with zero attached hydrogens (tertiary/aromatic N) is 4. The molecule has 4 rings (SSSR count). The molecule has 0 atom stereocenters. The molecule has 170 valence electrons. The lowest BCUT2D eigenvalue weighted by Gasteiger charge is -2.35. The molecule has 0 N–H and O–H groups in total. The fourth-order valence-electron chi connectivity index (χ4n) is 3.72. The van der Waals surface area contributed by atoms with Crippen molar-refractivity contribution in [1.82, 2.24) is 14.9 Å². The maximum atomic E-state index is 12.7. The molecule has 7 nitrogen and oxygen atoms in total. The zero-order valence-electron chi connectivity index (χ0n) is 18.8. The van der Waals surface area contributed by atoms with Gasteiger partial charge in [-0.2, -0.15) is 0 Å². The summed E-state index contributed by atoms with van der Waals surface area (Å²) in [6.07, 6.45) is 1.67. The third-order valence-electron chi connectivity index (χ3n) is 5.41. The summed E-state index contributed by atoms with van der Waals surface area (Å²) in [5.41, 5.74) is 1.97. The van der Waals surface area contributed by atoms with Crippen LogP contribution in [0.5, 0.6) is 11.5 Å². The number of hydrogen-bond acceptors (Lipinski definition) is 6. The van der Waals surface area contributed by atoms with Crippen LogP contribution in [-0.2, 0) is 4.79 Å². The van der Waals surface area contributed by atoms with Crippen molar-refractivity contribution >= 4 is 11.7 Å². The van der Waals surface area contributed by atoms with Crippen LogP contribution in [0, 0.1) is 6.92 Å². The van der Waals surface area contributed by atoms with Crippen molar-refractivity contribution in [3.8, 4) is 22.8 Å². The summed E-state index contributed by atoms with van der Waals surface area (Å²) in [6.45, 7) is 8.54. The third-order valence-corrected chi connectivity index (χ3v) is 5.41. The molecule has 0 bridgehead atoms. The Kier molecular flexibility index (Phi) is 7.19. The average molecular weight is 445 g/mol. The van der Waals surface area contributed by atoms with Gasteiger partial charge in [-0.1, -0.05) is 55.1 Å². The predicted octanol–water partition coefficient (Wildman–Crippen LogP) is 3.74. The molecule has 2 aromatic carbocycles. The Morgan fingerprint density at radius 3 is 2.33 bits per heavy atom. The van der Waals surface area contributed by atoms with Gasteiger partial charge in [-0.05, 0) is 19.1 Å². The van der Waals surface area contributed by atoms with Crippen LogP contribution in [0.25, 0.3) is 11.3 Å². The molecule has 0 saturated carbocycles. The van der Waals surface area contributed by atoms with Crippen molar-refractivity contribution < 1.29 is 14.3 Å². The van der Waals surface area contributed by atoms with E-state index >= 15 is 0 Å². The number of ether oxygens (including phenoxy) is 2. The van der Waals surface area contributed by atoms with E-state index in [0.29, 0.717) is 44.3 Å². The zero-order chi connectivity index (χ0) is 23.0. The Balaban J connectivity index is 1.34. The second-order valence-electron chi connectivity index (χ2n) is 7.73. The highest BCUT2D eigenvalue weighted by atomic mass is 16.5. The maximum absolute atomic E-state index is 12.7. The van der Waals surface area contributed by atoms with Gasteiger partial charge >= 0.3 is 0 Å². The summed E-state index contributed by atoms with van der Waals surface area (Å²) in [7, 11) is 0. The van der Waals surface area contributed by atoms with Crippen molar-refractivity contribution in [2.24, 2.45) is 0 Å². The maximum Gasteiger partial charge on any atom is 0.260 e. The van der Waals surface area contributed by atoms with Crippen LogP contribution in [0.1, 0.15) is 5.82 Å². The summed E-state index contributed by atoms with van der Waals surface area (Å²) in [6, 6.07) is 19.4. The highest BCUT2D eigenvalue weighted by Crippen LogP contribution is 2.27. The molecule has 0 spiro atoms. The van der Waals surface area contributed by atoms with E-state index in [9.17, 15) is 4.79 Å². The number of aryl methyl sites for hydroxylation is 1. The van der Waals surface area contributed by atoms with Gasteiger partial charge in [-0.15, -0.1) is 0 Å². The van der Waals surface area contributed by atoms with Crippen LogP contribution in [0.4, 0.5) is 5.82 Å². The van der Waals surface area contributed by atoms with Crippen LogP contribution >= 0.6 is 0 Å². The first-order valence-electron chi connectivity index (χ1n) is 11.0. The SMILES string of the molecule is C=CCOc1ccccc1OCC(=O)N1CCN(c2cc(-c3ccccc3)nc(C)n2)CC1. The lowest BCUT2D eigenvalue weighted by atomic mass is 10.1. The number of benzene rings is 2. The molecule has 33 heavy (non-hydrogen) atoms. The summed E-state index contributed by atoms with van der Waals surface area (Å²) in [5.74, 6) is 2.73. The van der Waals surface area contributed by atoms with E-state index in [1.807, 2.05) is 66.4 Å². The lowest BCUT2D eigenvalue weighted by molar-refractivity contribution is -0.133.